The Balaban J connectivity index is 0.000000422. The fraction of sp³-hybridized carbons (Fsp3) is 0.692. The number of carbonyl (C=O) groups excluding carboxylic acids is 2. The Morgan fingerprint density at radius 3 is 2.52 bits per heavy atom. The van der Waals surface area contributed by atoms with E-state index in [0.29, 0.717) is 39.0 Å². The molecule has 0 bridgehead atoms. The molecule has 0 aliphatic carbocycles. The number of carboxylic acid groups (broad SMARTS) is 1. The zero-order valence-electron chi connectivity index (χ0n) is 13.2. The number of aliphatic imine (C=N–C) groups is 1. The van der Waals surface area contributed by atoms with E-state index < -0.39 is 18.1 Å². The van der Waals surface area contributed by atoms with Crippen LogP contribution in [-0.2, 0) is 14.3 Å². The molecular formula is C13H25N5O5. The Hall–Kier alpha value is -2.36. The van der Waals surface area contributed by atoms with Crippen molar-refractivity contribution in [2.75, 3.05) is 19.7 Å². The maximum absolute atomic E-state index is 10.9. The van der Waals surface area contributed by atoms with Gasteiger partial charge in [-0.15, -0.1) is 0 Å². The average Bonchev–Trinajstić information content (AvgIpc) is 2.90. The Morgan fingerprint density at radius 2 is 2.09 bits per heavy atom. The molecule has 132 valence electrons. The molecular weight excluding hydrogens is 306 g/mol. The van der Waals surface area contributed by atoms with Crippen molar-refractivity contribution in [1.82, 2.24) is 4.90 Å². The molecule has 0 spiro atoms. The van der Waals surface area contributed by atoms with Crippen molar-refractivity contribution in [3.8, 4) is 0 Å². The quantitative estimate of drug-likeness (QED) is 0.278. The van der Waals surface area contributed by atoms with Crippen LogP contribution in [0.15, 0.2) is 4.99 Å². The normalized spacial score (nSPS) is 14.5. The summed E-state index contributed by atoms with van der Waals surface area (Å²) in [5.74, 6) is -1.11. The number of amides is 2. The highest BCUT2D eigenvalue weighted by atomic mass is 16.6. The maximum atomic E-state index is 10.9. The van der Waals surface area contributed by atoms with Crippen molar-refractivity contribution in [2.24, 2.45) is 22.2 Å². The number of imide groups is 1. The average molecular weight is 331 g/mol. The molecule has 1 aliphatic heterocycles. The Kier molecular flexibility index (Phi) is 10.1. The predicted molar refractivity (Wildman–Crippen MR) is 83.5 cm³/mol. The highest BCUT2D eigenvalue weighted by molar-refractivity contribution is 5.93. The van der Waals surface area contributed by atoms with E-state index in [0.717, 1.165) is 11.3 Å². The van der Waals surface area contributed by atoms with Crippen LogP contribution in [0.2, 0.25) is 0 Å². The lowest BCUT2D eigenvalue weighted by Gasteiger charge is -2.11. The summed E-state index contributed by atoms with van der Waals surface area (Å²) >= 11 is 0. The SMILES string of the molecule is CCOC(=O)N1CCCC1=O.NC(N)=NCCC[C@H](N)C(=O)O. The molecule has 0 unspecified atom stereocenters. The molecule has 7 N–H and O–H groups in total. The number of nitrogens with zero attached hydrogens (tertiary/aromatic N) is 2. The van der Waals surface area contributed by atoms with E-state index in [1.54, 1.807) is 6.92 Å². The number of aliphatic carboxylic acids is 1. The van der Waals surface area contributed by atoms with E-state index in [1.165, 1.54) is 0 Å². The first-order valence-corrected chi connectivity index (χ1v) is 7.30. The van der Waals surface area contributed by atoms with Gasteiger partial charge in [0.25, 0.3) is 0 Å². The van der Waals surface area contributed by atoms with Crippen molar-refractivity contribution in [3.05, 3.63) is 0 Å². The second-order valence-corrected chi connectivity index (χ2v) is 4.74. The van der Waals surface area contributed by atoms with Gasteiger partial charge in [0.2, 0.25) is 5.91 Å². The monoisotopic (exact) mass is 331 g/mol. The van der Waals surface area contributed by atoms with Crippen molar-refractivity contribution < 1.29 is 24.2 Å². The van der Waals surface area contributed by atoms with Crippen LogP contribution in [0.25, 0.3) is 0 Å². The lowest BCUT2D eigenvalue weighted by Crippen LogP contribution is -2.32. The summed E-state index contributed by atoms with van der Waals surface area (Å²) in [7, 11) is 0. The van der Waals surface area contributed by atoms with Crippen molar-refractivity contribution in [1.29, 1.82) is 0 Å². The highest BCUT2D eigenvalue weighted by Gasteiger charge is 2.26. The molecule has 0 saturated carbocycles. The molecule has 0 aromatic heterocycles. The number of hydrogen-bond donors (Lipinski definition) is 4. The van der Waals surface area contributed by atoms with Crippen molar-refractivity contribution in [2.45, 2.75) is 38.6 Å². The van der Waals surface area contributed by atoms with E-state index in [9.17, 15) is 14.4 Å². The van der Waals surface area contributed by atoms with Crippen LogP contribution < -0.4 is 17.2 Å². The minimum atomic E-state index is -1.00. The van der Waals surface area contributed by atoms with Gasteiger partial charge in [0.1, 0.15) is 6.04 Å². The van der Waals surface area contributed by atoms with Crippen LogP contribution in [-0.4, -0.2) is 59.7 Å². The summed E-state index contributed by atoms with van der Waals surface area (Å²) in [5.41, 5.74) is 15.3. The number of ether oxygens (including phenoxy) is 1. The molecule has 1 saturated heterocycles. The van der Waals surface area contributed by atoms with Gasteiger partial charge in [0.05, 0.1) is 6.61 Å². The van der Waals surface area contributed by atoms with Crippen LogP contribution in [0, 0.1) is 0 Å². The van der Waals surface area contributed by atoms with E-state index in [2.05, 4.69) is 9.73 Å². The number of carbonyl (C=O) groups is 3. The molecule has 10 heteroatoms. The molecule has 2 amide bonds. The molecule has 0 radical (unpaired) electrons. The lowest BCUT2D eigenvalue weighted by molar-refractivity contribution is -0.138. The summed E-state index contributed by atoms with van der Waals surface area (Å²) in [5, 5.41) is 8.38. The zero-order chi connectivity index (χ0) is 17.8. The van der Waals surface area contributed by atoms with Gasteiger partial charge in [-0.3, -0.25) is 14.6 Å². The number of guanidine groups is 1. The van der Waals surface area contributed by atoms with E-state index in [-0.39, 0.29) is 11.9 Å². The summed E-state index contributed by atoms with van der Waals surface area (Å²) in [6.45, 7) is 2.97. The highest BCUT2D eigenvalue weighted by Crippen LogP contribution is 2.10. The number of rotatable bonds is 6. The van der Waals surface area contributed by atoms with E-state index in [1.807, 2.05) is 0 Å². The molecule has 1 rings (SSSR count). The minimum absolute atomic E-state index is 0.0129. The van der Waals surface area contributed by atoms with Gasteiger partial charge in [-0.25, -0.2) is 9.69 Å². The number of likely N-dealkylation sites (tertiary alicyclic amines) is 1. The van der Waals surface area contributed by atoms with Gasteiger partial charge < -0.3 is 27.0 Å². The molecule has 10 nitrogen and oxygen atoms in total. The van der Waals surface area contributed by atoms with Crippen LogP contribution >= 0.6 is 0 Å². The number of hydrogen-bond acceptors (Lipinski definition) is 6. The number of nitrogens with two attached hydrogens (primary N) is 3. The van der Waals surface area contributed by atoms with Crippen LogP contribution in [0.5, 0.6) is 0 Å². The molecule has 1 heterocycles. The van der Waals surface area contributed by atoms with Crippen LogP contribution in [0.4, 0.5) is 4.79 Å². The minimum Gasteiger partial charge on any atom is -0.480 e. The van der Waals surface area contributed by atoms with Crippen LogP contribution in [0.1, 0.15) is 32.6 Å². The molecule has 0 aromatic rings. The summed E-state index contributed by atoms with van der Waals surface area (Å²) in [6.07, 6.45) is 1.68. The third-order valence-electron chi connectivity index (χ3n) is 2.85. The Labute approximate surface area is 134 Å². The number of carboxylic acids is 1. The molecule has 1 aliphatic rings. The first-order chi connectivity index (χ1) is 10.8. The smallest absolute Gasteiger partial charge is 0.416 e. The van der Waals surface area contributed by atoms with Gasteiger partial charge in [0.15, 0.2) is 5.96 Å². The first-order valence-electron chi connectivity index (χ1n) is 7.30. The van der Waals surface area contributed by atoms with Gasteiger partial charge >= 0.3 is 12.1 Å². The Morgan fingerprint density at radius 1 is 1.43 bits per heavy atom. The van der Waals surface area contributed by atoms with Gasteiger partial charge in [-0.1, -0.05) is 0 Å². The molecule has 23 heavy (non-hydrogen) atoms. The second kappa shape index (κ2) is 11.2. The second-order valence-electron chi connectivity index (χ2n) is 4.74. The third-order valence-corrected chi connectivity index (χ3v) is 2.85. The largest absolute Gasteiger partial charge is 0.480 e. The van der Waals surface area contributed by atoms with Gasteiger partial charge in [-0.2, -0.15) is 0 Å². The molecule has 1 fully saturated rings. The lowest BCUT2D eigenvalue weighted by atomic mass is 10.2. The Bertz CT molecular complexity index is 436. The molecule has 1 atom stereocenters. The van der Waals surface area contributed by atoms with Gasteiger partial charge in [0, 0.05) is 19.5 Å². The topological polar surface area (TPSA) is 174 Å². The van der Waals surface area contributed by atoms with Crippen molar-refractivity contribution >= 4 is 23.9 Å². The fourth-order valence-corrected chi connectivity index (χ4v) is 1.69. The van der Waals surface area contributed by atoms with E-state index >= 15 is 0 Å². The summed E-state index contributed by atoms with van der Waals surface area (Å²) < 4.78 is 4.66. The maximum Gasteiger partial charge on any atom is 0.416 e. The summed E-state index contributed by atoms with van der Waals surface area (Å²) in [4.78, 5) is 36.9. The zero-order valence-corrected chi connectivity index (χ0v) is 13.2. The summed E-state index contributed by atoms with van der Waals surface area (Å²) in [6, 6.07) is -0.820. The standard InChI is InChI=1S/C7H11NO3.C6H14N4O2/c1-2-11-7(10)8-5-3-4-6(8)9;7-4(5(11)12)2-1-3-10-6(8)9/h2-5H2,1H3;4H,1-3,7H2,(H,11,12)(H4,8,9,10)/t;4-/m.0/s1. The predicted octanol–water partition coefficient (Wildman–Crippen LogP) is -0.783. The third kappa shape index (κ3) is 9.30. The molecule has 0 aromatic carbocycles. The van der Waals surface area contributed by atoms with E-state index in [4.69, 9.17) is 22.3 Å². The van der Waals surface area contributed by atoms with Gasteiger partial charge in [-0.05, 0) is 26.2 Å². The van der Waals surface area contributed by atoms with Crippen molar-refractivity contribution in [3.63, 3.8) is 0 Å². The fourth-order valence-electron chi connectivity index (χ4n) is 1.69. The van der Waals surface area contributed by atoms with Crippen LogP contribution in [0.3, 0.4) is 0 Å². The first kappa shape index (κ1) is 20.6.